The highest BCUT2D eigenvalue weighted by Crippen LogP contribution is 2.38. The molecule has 2 N–H and O–H groups in total. The van der Waals surface area contributed by atoms with Crippen LogP contribution in [0.25, 0.3) is 0 Å². The number of aliphatic hydroxyl groups is 1. The molecule has 4 heteroatoms. The largest absolute Gasteiger partial charge is 0.479 e. The Kier molecular flexibility index (Phi) is 3.89. The zero-order chi connectivity index (χ0) is 10.6. The first kappa shape index (κ1) is 11.5. The Morgan fingerprint density at radius 3 is 2.79 bits per heavy atom. The summed E-state index contributed by atoms with van der Waals surface area (Å²) >= 11 is 0. The van der Waals surface area contributed by atoms with E-state index in [0.717, 1.165) is 12.8 Å². The highest BCUT2D eigenvalue weighted by Gasteiger charge is 2.48. The molecule has 0 amide bonds. The summed E-state index contributed by atoms with van der Waals surface area (Å²) in [6.07, 6.45) is 2.91. The Labute approximate surface area is 83.9 Å². The van der Waals surface area contributed by atoms with Gasteiger partial charge in [-0.25, -0.2) is 4.79 Å². The van der Waals surface area contributed by atoms with E-state index in [-0.39, 0.29) is 12.5 Å². The number of hydrogen-bond acceptors (Lipinski definition) is 3. The Hall–Kier alpha value is -0.610. The van der Waals surface area contributed by atoms with E-state index in [4.69, 9.17) is 14.9 Å². The van der Waals surface area contributed by atoms with Gasteiger partial charge < -0.3 is 14.9 Å². The van der Waals surface area contributed by atoms with Gasteiger partial charge in [0.1, 0.15) is 0 Å². The third-order valence-corrected chi connectivity index (χ3v) is 3.01. The van der Waals surface area contributed by atoms with Gasteiger partial charge in [-0.2, -0.15) is 0 Å². The molecule has 0 aromatic carbocycles. The van der Waals surface area contributed by atoms with Crippen molar-refractivity contribution in [2.24, 2.45) is 5.92 Å². The van der Waals surface area contributed by atoms with Gasteiger partial charge in [-0.1, -0.05) is 6.92 Å². The summed E-state index contributed by atoms with van der Waals surface area (Å²) in [5, 5.41) is 17.7. The lowest BCUT2D eigenvalue weighted by atomic mass is 9.92. The number of carbonyl (C=O) groups is 1. The fourth-order valence-corrected chi connectivity index (χ4v) is 2.06. The second kappa shape index (κ2) is 4.75. The molecule has 0 spiro atoms. The van der Waals surface area contributed by atoms with Crippen LogP contribution >= 0.6 is 0 Å². The minimum Gasteiger partial charge on any atom is -0.479 e. The maximum absolute atomic E-state index is 11.1. The molecule has 14 heavy (non-hydrogen) atoms. The lowest BCUT2D eigenvalue weighted by Gasteiger charge is -2.29. The number of rotatable bonds is 5. The van der Waals surface area contributed by atoms with Gasteiger partial charge in [0.05, 0.1) is 6.61 Å². The summed E-state index contributed by atoms with van der Waals surface area (Å²) in [4.78, 5) is 11.1. The number of aliphatic carboxylic acids is 1. The van der Waals surface area contributed by atoms with Gasteiger partial charge in [-0.05, 0) is 31.6 Å². The zero-order valence-corrected chi connectivity index (χ0v) is 8.53. The molecule has 0 heterocycles. The minimum absolute atomic E-state index is 0.0457. The molecule has 2 unspecified atom stereocenters. The Morgan fingerprint density at radius 1 is 1.64 bits per heavy atom. The van der Waals surface area contributed by atoms with Crippen molar-refractivity contribution in [1.29, 1.82) is 0 Å². The molecule has 2 atom stereocenters. The molecule has 0 aliphatic heterocycles. The van der Waals surface area contributed by atoms with Crippen LogP contribution in [0.2, 0.25) is 0 Å². The summed E-state index contributed by atoms with van der Waals surface area (Å²) in [6, 6.07) is 0. The fourth-order valence-electron chi connectivity index (χ4n) is 2.06. The SMILES string of the molecule is CC1CCCC1(OCCCO)C(=O)O. The molecule has 4 nitrogen and oxygen atoms in total. The van der Waals surface area contributed by atoms with Crippen molar-refractivity contribution >= 4 is 5.97 Å². The van der Waals surface area contributed by atoms with Crippen molar-refractivity contribution in [2.75, 3.05) is 13.2 Å². The zero-order valence-electron chi connectivity index (χ0n) is 8.53. The van der Waals surface area contributed by atoms with Crippen molar-refractivity contribution in [3.63, 3.8) is 0 Å². The molecular formula is C10H18O4. The maximum atomic E-state index is 11.1. The second-order valence-corrected chi connectivity index (χ2v) is 3.91. The smallest absolute Gasteiger partial charge is 0.336 e. The lowest BCUT2D eigenvalue weighted by molar-refractivity contribution is -0.171. The maximum Gasteiger partial charge on any atom is 0.336 e. The quantitative estimate of drug-likeness (QED) is 0.653. The number of ether oxygens (including phenoxy) is 1. The highest BCUT2D eigenvalue weighted by molar-refractivity contribution is 5.78. The third kappa shape index (κ3) is 2.07. The van der Waals surface area contributed by atoms with E-state index in [2.05, 4.69) is 0 Å². The average Bonchev–Trinajstić information content (AvgIpc) is 2.49. The van der Waals surface area contributed by atoms with Crippen LogP contribution < -0.4 is 0 Å². The van der Waals surface area contributed by atoms with E-state index in [1.807, 2.05) is 6.92 Å². The molecule has 0 bridgehead atoms. The first-order valence-electron chi connectivity index (χ1n) is 5.11. The first-order chi connectivity index (χ1) is 6.63. The monoisotopic (exact) mass is 202 g/mol. The number of hydrogen-bond donors (Lipinski definition) is 2. The van der Waals surface area contributed by atoms with Crippen molar-refractivity contribution < 1.29 is 19.7 Å². The van der Waals surface area contributed by atoms with Crippen LogP contribution in [0, 0.1) is 5.92 Å². The summed E-state index contributed by atoms with van der Waals surface area (Å²) in [5.41, 5.74) is -0.991. The predicted octanol–water partition coefficient (Wildman–Crippen LogP) is 1.03. The van der Waals surface area contributed by atoms with E-state index >= 15 is 0 Å². The van der Waals surface area contributed by atoms with Crippen molar-refractivity contribution in [3.8, 4) is 0 Å². The van der Waals surface area contributed by atoms with Crippen LogP contribution in [0.3, 0.4) is 0 Å². The van der Waals surface area contributed by atoms with Crippen LogP contribution in [-0.4, -0.2) is 35.0 Å². The first-order valence-corrected chi connectivity index (χ1v) is 5.11. The minimum atomic E-state index is -0.991. The van der Waals surface area contributed by atoms with Gasteiger partial charge in [0.2, 0.25) is 0 Å². The molecule has 0 aromatic heterocycles. The Bertz CT molecular complexity index is 204. The fraction of sp³-hybridized carbons (Fsp3) is 0.900. The molecular weight excluding hydrogens is 184 g/mol. The summed E-state index contributed by atoms with van der Waals surface area (Å²) in [5.74, 6) is -0.792. The van der Waals surface area contributed by atoms with E-state index in [1.54, 1.807) is 0 Å². The van der Waals surface area contributed by atoms with Crippen LogP contribution in [0.4, 0.5) is 0 Å². The molecule has 0 aromatic rings. The molecule has 1 aliphatic carbocycles. The molecule has 1 saturated carbocycles. The van der Waals surface area contributed by atoms with Crippen LogP contribution in [0.1, 0.15) is 32.6 Å². The third-order valence-electron chi connectivity index (χ3n) is 3.01. The average molecular weight is 202 g/mol. The summed E-state index contributed by atoms with van der Waals surface area (Å²) in [6.45, 7) is 2.29. The number of aliphatic hydroxyl groups excluding tert-OH is 1. The number of carboxylic acids is 1. The van der Waals surface area contributed by atoms with Crippen molar-refractivity contribution in [3.05, 3.63) is 0 Å². The van der Waals surface area contributed by atoms with Gasteiger partial charge in [0.15, 0.2) is 5.60 Å². The van der Waals surface area contributed by atoms with E-state index < -0.39 is 11.6 Å². The summed E-state index contributed by atoms with van der Waals surface area (Å²) in [7, 11) is 0. The van der Waals surface area contributed by atoms with Gasteiger partial charge >= 0.3 is 5.97 Å². The van der Waals surface area contributed by atoms with Gasteiger partial charge in [-0.3, -0.25) is 0 Å². The van der Waals surface area contributed by atoms with E-state index in [0.29, 0.717) is 19.4 Å². The molecule has 1 aliphatic rings. The molecule has 1 fully saturated rings. The normalized spacial score (nSPS) is 32.0. The van der Waals surface area contributed by atoms with Gasteiger partial charge in [0, 0.05) is 6.61 Å². The summed E-state index contributed by atoms with van der Waals surface area (Å²) < 4.78 is 5.45. The highest BCUT2D eigenvalue weighted by atomic mass is 16.5. The standard InChI is InChI=1S/C10H18O4/c1-8-4-2-5-10(8,9(12)13)14-7-3-6-11/h8,11H,2-7H2,1H3,(H,12,13). The molecule has 0 radical (unpaired) electrons. The second-order valence-electron chi connectivity index (χ2n) is 3.91. The van der Waals surface area contributed by atoms with Crippen molar-refractivity contribution in [1.82, 2.24) is 0 Å². The topological polar surface area (TPSA) is 66.8 Å². The Morgan fingerprint density at radius 2 is 2.36 bits per heavy atom. The van der Waals surface area contributed by atoms with E-state index in [9.17, 15) is 4.79 Å². The lowest BCUT2D eigenvalue weighted by Crippen LogP contribution is -2.44. The number of carboxylic acid groups (broad SMARTS) is 1. The van der Waals surface area contributed by atoms with Crippen molar-refractivity contribution in [2.45, 2.75) is 38.2 Å². The predicted molar refractivity (Wildman–Crippen MR) is 51.0 cm³/mol. The Balaban J connectivity index is 2.58. The van der Waals surface area contributed by atoms with Crippen LogP contribution in [0.15, 0.2) is 0 Å². The van der Waals surface area contributed by atoms with Crippen LogP contribution in [0.5, 0.6) is 0 Å². The molecule has 0 saturated heterocycles. The van der Waals surface area contributed by atoms with Gasteiger partial charge in [0.25, 0.3) is 0 Å². The van der Waals surface area contributed by atoms with Gasteiger partial charge in [-0.15, -0.1) is 0 Å². The van der Waals surface area contributed by atoms with Crippen LogP contribution in [-0.2, 0) is 9.53 Å². The van der Waals surface area contributed by atoms with E-state index in [1.165, 1.54) is 0 Å². The molecule has 1 rings (SSSR count). The molecule has 82 valence electrons.